The van der Waals surface area contributed by atoms with Gasteiger partial charge in [-0.25, -0.2) is 9.37 Å². The van der Waals surface area contributed by atoms with E-state index in [4.69, 9.17) is 16.9 Å². The van der Waals surface area contributed by atoms with Crippen LogP contribution in [0.2, 0.25) is 5.02 Å². The summed E-state index contributed by atoms with van der Waals surface area (Å²) in [4.78, 5) is 16.5. The molecule has 0 spiro atoms. The smallest absolute Gasteiger partial charge is 0.257 e. The zero-order valence-corrected chi connectivity index (χ0v) is 14.1. The molecule has 1 aromatic heterocycles. The standard InChI is InChI=1S/C19H12ClFN4O/c20-15-9-14(6-7-16(15)21)24-18-8-5-13(11-23-18)19(26)25-17-4-2-1-3-12(17)10-22/h1-9,11H,(H,23,24)(H,25,26). The summed E-state index contributed by atoms with van der Waals surface area (Å²) in [7, 11) is 0. The lowest BCUT2D eigenvalue weighted by Gasteiger charge is -2.09. The molecule has 0 fully saturated rings. The van der Waals surface area contributed by atoms with Crippen molar-refractivity contribution in [2.75, 3.05) is 10.6 Å². The molecular weight excluding hydrogens is 355 g/mol. The molecule has 7 heteroatoms. The van der Waals surface area contributed by atoms with Crippen LogP contribution in [0.1, 0.15) is 15.9 Å². The van der Waals surface area contributed by atoms with Crippen molar-refractivity contribution in [2.45, 2.75) is 0 Å². The number of anilines is 3. The van der Waals surface area contributed by atoms with Gasteiger partial charge in [0.2, 0.25) is 0 Å². The fourth-order valence-electron chi connectivity index (χ4n) is 2.21. The molecule has 0 atom stereocenters. The van der Waals surface area contributed by atoms with Gasteiger partial charge in [0, 0.05) is 11.9 Å². The van der Waals surface area contributed by atoms with Gasteiger partial charge in [0.1, 0.15) is 17.7 Å². The fraction of sp³-hybridized carbons (Fsp3) is 0. The summed E-state index contributed by atoms with van der Waals surface area (Å²) in [6, 6.07) is 16.2. The molecule has 1 heterocycles. The van der Waals surface area contributed by atoms with E-state index in [0.717, 1.165) is 0 Å². The number of benzene rings is 2. The maximum atomic E-state index is 13.2. The number of pyridine rings is 1. The largest absolute Gasteiger partial charge is 0.340 e. The monoisotopic (exact) mass is 366 g/mol. The first-order valence-electron chi connectivity index (χ1n) is 7.55. The average Bonchev–Trinajstić information content (AvgIpc) is 2.66. The predicted octanol–water partition coefficient (Wildman–Crippen LogP) is 4.74. The second-order valence-corrected chi connectivity index (χ2v) is 5.70. The second kappa shape index (κ2) is 7.64. The van der Waals surface area contributed by atoms with Crippen molar-refractivity contribution in [2.24, 2.45) is 0 Å². The molecule has 3 aromatic rings. The number of halogens is 2. The van der Waals surface area contributed by atoms with E-state index in [1.54, 1.807) is 36.4 Å². The van der Waals surface area contributed by atoms with Crippen LogP contribution in [0.5, 0.6) is 0 Å². The lowest BCUT2D eigenvalue weighted by atomic mass is 10.2. The molecule has 2 aromatic carbocycles. The van der Waals surface area contributed by atoms with Gasteiger partial charge in [0.15, 0.2) is 0 Å². The van der Waals surface area contributed by atoms with E-state index in [1.165, 1.54) is 24.4 Å². The third-order valence-electron chi connectivity index (χ3n) is 3.51. The van der Waals surface area contributed by atoms with Gasteiger partial charge in [-0.1, -0.05) is 23.7 Å². The molecule has 0 radical (unpaired) electrons. The number of nitrogens with zero attached hydrogens (tertiary/aromatic N) is 2. The third kappa shape index (κ3) is 3.97. The van der Waals surface area contributed by atoms with Gasteiger partial charge in [0.05, 0.1) is 21.8 Å². The van der Waals surface area contributed by atoms with E-state index in [2.05, 4.69) is 15.6 Å². The van der Waals surface area contributed by atoms with Crippen LogP contribution in [0.4, 0.5) is 21.6 Å². The van der Waals surface area contributed by atoms with Crippen LogP contribution in [0.25, 0.3) is 0 Å². The van der Waals surface area contributed by atoms with Crippen molar-refractivity contribution >= 4 is 34.7 Å². The highest BCUT2D eigenvalue weighted by Crippen LogP contribution is 2.22. The molecule has 0 unspecified atom stereocenters. The minimum Gasteiger partial charge on any atom is -0.340 e. The first-order valence-corrected chi connectivity index (χ1v) is 7.93. The number of aromatic nitrogens is 1. The normalized spacial score (nSPS) is 10.0. The van der Waals surface area contributed by atoms with E-state index in [1.807, 2.05) is 6.07 Å². The van der Waals surface area contributed by atoms with Gasteiger partial charge in [-0.05, 0) is 42.5 Å². The van der Waals surface area contributed by atoms with Crippen molar-refractivity contribution in [1.29, 1.82) is 5.26 Å². The van der Waals surface area contributed by atoms with Gasteiger partial charge in [-0.15, -0.1) is 0 Å². The van der Waals surface area contributed by atoms with Crippen LogP contribution in [-0.2, 0) is 0 Å². The fourth-order valence-corrected chi connectivity index (χ4v) is 2.39. The highest BCUT2D eigenvalue weighted by atomic mass is 35.5. The van der Waals surface area contributed by atoms with E-state index in [0.29, 0.717) is 28.3 Å². The van der Waals surface area contributed by atoms with E-state index >= 15 is 0 Å². The Hall–Kier alpha value is -3.43. The Kier molecular flexibility index (Phi) is 5.11. The molecule has 0 aliphatic heterocycles. The Labute approximate surface area is 154 Å². The second-order valence-electron chi connectivity index (χ2n) is 5.30. The molecule has 0 aliphatic rings. The Morgan fingerprint density at radius 2 is 1.96 bits per heavy atom. The lowest BCUT2D eigenvalue weighted by Crippen LogP contribution is -2.13. The van der Waals surface area contributed by atoms with Crippen LogP contribution < -0.4 is 10.6 Å². The van der Waals surface area contributed by atoms with Gasteiger partial charge in [-0.2, -0.15) is 5.26 Å². The Morgan fingerprint density at radius 3 is 2.65 bits per heavy atom. The molecular formula is C19H12ClFN4O. The number of hydrogen-bond donors (Lipinski definition) is 2. The topological polar surface area (TPSA) is 77.8 Å². The first-order chi connectivity index (χ1) is 12.6. The molecule has 0 aliphatic carbocycles. The Bertz CT molecular complexity index is 999. The number of para-hydroxylation sites is 1. The van der Waals surface area contributed by atoms with Crippen LogP contribution in [-0.4, -0.2) is 10.9 Å². The zero-order chi connectivity index (χ0) is 18.5. The van der Waals surface area contributed by atoms with E-state index in [-0.39, 0.29) is 10.9 Å². The minimum absolute atomic E-state index is 0.00200. The maximum Gasteiger partial charge on any atom is 0.257 e. The SMILES string of the molecule is N#Cc1ccccc1NC(=O)c1ccc(Nc2ccc(F)c(Cl)c2)nc1. The summed E-state index contributed by atoms with van der Waals surface area (Å²) in [6.45, 7) is 0. The van der Waals surface area contributed by atoms with Gasteiger partial charge >= 0.3 is 0 Å². The van der Waals surface area contributed by atoms with Crippen molar-refractivity contribution in [1.82, 2.24) is 4.98 Å². The quantitative estimate of drug-likeness (QED) is 0.699. The summed E-state index contributed by atoms with van der Waals surface area (Å²) in [6.07, 6.45) is 1.40. The molecule has 3 rings (SSSR count). The number of carbonyl (C=O) groups is 1. The van der Waals surface area contributed by atoms with Crippen molar-refractivity contribution < 1.29 is 9.18 Å². The van der Waals surface area contributed by atoms with Gasteiger partial charge in [0.25, 0.3) is 5.91 Å². The number of carbonyl (C=O) groups excluding carboxylic acids is 1. The molecule has 0 saturated heterocycles. The highest BCUT2D eigenvalue weighted by Gasteiger charge is 2.10. The number of rotatable bonds is 4. The molecule has 5 nitrogen and oxygen atoms in total. The lowest BCUT2D eigenvalue weighted by molar-refractivity contribution is 0.102. The average molecular weight is 367 g/mol. The first kappa shape index (κ1) is 17.4. The summed E-state index contributed by atoms with van der Waals surface area (Å²) in [5, 5.41) is 14.7. The molecule has 26 heavy (non-hydrogen) atoms. The molecule has 1 amide bonds. The summed E-state index contributed by atoms with van der Waals surface area (Å²) >= 11 is 5.74. The van der Waals surface area contributed by atoms with Gasteiger partial charge < -0.3 is 10.6 Å². The van der Waals surface area contributed by atoms with Crippen molar-refractivity contribution in [3.05, 3.63) is 82.8 Å². The Balaban J connectivity index is 1.71. The number of amides is 1. The van der Waals surface area contributed by atoms with Crippen molar-refractivity contribution in [3.63, 3.8) is 0 Å². The summed E-state index contributed by atoms with van der Waals surface area (Å²) < 4.78 is 13.2. The molecule has 128 valence electrons. The van der Waals surface area contributed by atoms with Crippen LogP contribution in [0.3, 0.4) is 0 Å². The maximum absolute atomic E-state index is 13.2. The minimum atomic E-state index is -0.505. The van der Waals surface area contributed by atoms with Gasteiger partial charge in [-0.3, -0.25) is 4.79 Å². The van der Waals surface area contributed by atoms with Crippen molar-refractivity contribution in [3.8, 4) is 6.07 Å². The summed E-state index contributed by atoms with van der Waals surface area (Å²) in [5.74, 6) is -0.409. The van der Waals surface area contributed by atoms with E-state index in [9.17, 15) is 9.18 Å². The number of hydrogen-bond acceptors (Lipinski definition) is 4. The molecule has 0 bridgehead atoms. The van der Waals surface area contributed by atoms with Crippen LogP contribution in [0, 0.1) is 17.1 Å². The molecule has 0 saturated carbocycles. The van der Waals surface area contributed by atoms with Crippen LogP contribution in [0.15, 0.2) is 60.8 Å². The number of nitriles is 1. The Morgan fingerprint density at radius 1 is 1.15 bits per heavy atom. The predicted molar refractivity (Wildman–Crippen MR) is 98.0 cm³/mol. The third-order valence-corrected chi connectivity index (χ3v) is 3.80. The zero-order valence-electron chi connectivity index (χ0n) is 13.3. The van der Waals surface area contributed by atoms with Crippen LogP contribution >= 0.6 is 11.6 Å². The highest BCUT2D eigenvalue weighted by molar-refractivity contribution is 6.31. The summed E-state index contributed by atoms with van der Waals surface area (Å²) in [5.41, 5.74) is 1.72. The van der Waals surface area contributed by atoms with E-state index < -0.39 is 5.82 Å². The number of nitrogens with one attached hydrogen (secondary N) is 2. The molecule has 2 N–H and O–H groups in total.